The third-order valence-corrected chi connectivity index (χ3v) is 4.01. The summed E-state index contributed by atoms with van der Waals surface area (Å²) in [6.07, 6.45) is 7.78. The van der Waals surface area contributed by atoms with Crippen molar-refractivity contribution in [2.24, 2.45) is 5.92 Å². The van der Waals surface area contributed by atoms with Crippen LogP contribution in [0.2, 0.25) is 0 Å². The Balaban J connectivity index is 2.05. The number of carbonyl (C=O) groups is 1. The zero-order valence-corrected chi connectivity index (χ0v) is 10.7. The number of rotatable bonds is 3. The Bertz CT molecular complexity index is 553. The van der Waals surface area contributed by atoms with Crippen molar-refractivity contribution in [2.45, 2.75) is 32.6 Å². The molecule has 2 atom stereocenters. The Morgan fingerprint density at radius 1 is 1.56 bits per heavy atom. The second kappa shape index (κ2) is 4.12. The van der Waals surface area contributed by atoms with Gasteiger partial charge in [0.2, 0.25) is 5.91 Å². The standard InChI is InChI=1S/C14H17N3O/c1-3-8(2)10-7-11(18)15-14-12(10)13(16-17-14)9-5-4-6-9/h4-6,8,10H,3,7H2,1-2H3,(H2,15,16,17,18). The fraction of sp³-hybridized carbons (Fsp3) is 0.429. The van der Waals surface area contributed by atoms with Crippen molar-refractivity contribution in [1.29, 1.82) is 0 Å². The molecule has 2 aliphatic rings. The number of aromatic amines is 1. The molecule has 0 aromatic carbocycles. The first-order chi connectivity index (χ1) is 8.70. The molecule has 4 heteroatoms. The van der Waals surface area contributed by atoms with E-state index in [4.69, 9.17) is 0 Å². The number of fused-ring (bicyclic) bond motifs is 1. The number of hydrogen-bond donors (Lipinski definition) is 2. The normalized spacial score (nSPS) is 22.9. The Hall–Kier alpha value is -1.84. The Kier molecular flexibility index (Phi) is 2.58. The first kappa shape index (κ1) is 11.3. The van der Waals surface area contributed by atoms with Gasteiger partial charge in [-0.05, 0) is 11.5 Å². The summed E-state index contributed by atoms with van der Waals surface area (Å²) >= 11 is 0. The molecule has 4 nitrogen and oxygen atoms in total. The van der Waals surface area contributed by atoms with Crippen molar-refractivity contribution in [3.63, 3.8) is 0 Å². The summed E-state index contributed by atoms with van der Waals surface area (Å²) in [5.41, 5.74) is 3.42. The molecule has 0 radical (unpaired) electrons. The number of aromatic nitrogens is 2. The lowest BCUT2D eigenvalue weighted by Gasteiger charge is -2.28. The van der Waals surface area contributed by atoms with Crippen molar-refractivity contribution in [1.82, 2.24) is 10.2 Å². The number of nitrogens with zero attached hydrogens (tertiary/aromatic N) is 1. The molecule has 1 aliphatic heterocycles. The molecule has 1 amide bonds. The molecule has 18 heavy (non-hydrogen) atoms. The molecule has 2 unspecified atom stereocenters. The van der Waals surface area contributed by atoms with E-state index in [9.17, 15) is 4.79 Å². The van der Waals surface area contributed by atoms with Gasteiger partial charge in [0, 0.05) is 17.9 Å². The number of carbonyl (C=O) groups excluding carboxylic acids is 1. The highest BCUT2D eigenvalue weighted by atomic mass is 16.1. The summed E-state index contributed by atoms with van der Waals surface area (Å²) < 4.78 is 0. The molecule has 1 aliphatic carbocycles. The third kappa shape index (κ3) is 1.60. The van der Waals surface area contributed by atoms with Gasteiger partial charge in [-0.1, -0.05) is 38.5 Å². The van der Waals surface area contributed by atoms with Gasteiger partial charge >= 0.3 is 0 Å². The minimum Gasteiger partial charge on any atom is -0.309 e. The van der Waals surface area contributed by atoms with Crippen molar-refractivity contribution >= 4 is 17.3 Å². The van der Waals surface area contributed by atoms with Gasteiger partial charge in [0.15, 0.2) is 5.82 Å². The summed E-state index contributed by atoms with van der Waals surface area (Å²) in [6.45, 7) is 4.37. The van der Waals surface area contributed by atoms with E-state index >= 15 is 0 Å². The lowest BCUT2D eigenvalue weighted by molar-refractivity contribution is -0.117. The van der Waals surface area contributed by atoms with Crippen LogP contribution in [0.4, 0.5) is 5.82 Å². The van der Waals surface area contributed by atoms with Crippen LogP contribution in [-0.2, 0) is 4.79 Å². The van der Waals surface area contributed by atoms with Gasteiger partial charge in [0.05, 0.1) is 5.69 Å². The van der Waals surface area contributed by atoms with Crippen LogP contribution in [0.15, 0.2) is 18.2 Å². The second-order valence-corrected chi connectivity index (χ2v) is 5.09. The molecule has 0 saturated heterocycles. The number of amides is 1. The summed E-state index contributed by atoms with van der Waals surface area (Å²) in [5.74, 6) is 1.54. The fourth-order valence-corrected chi connectivity index (χ4v) is 2.64. The minimum absolute atomic E-state index is 0.0731. The number of nitrogens with one attached hydrogen (secondary N) is 2. The molecule has 1 aromatic heterocycles. The molecule has 2 heterocycles. The molecule has 3 rings (SSSR count). The molecule has 0 fully saturated rings. The highest BCUT2D eigenvalue weighted by molar-refractivity contribution is 5.95. The van der Waals surface area contributed by atoms with Crippen LogP contribution < -0.4 is 5.32 Å². The van der Waals surface area contributed by atoms with E-state index in [0.717, 1.165) is 12.1 Å². The maximum absolute atomic E-state index is 11.7. The van der Waals surface area contributed by atoms with Crippen molar-refractivity contribution in [3.8, 4) is 0 Å². The van der Waals surface area contributed by atoms with Gasteiger partial charge in [-0.25, -0.2) is 0 Å². The quantitative estimate of drug-likeness (QED) is 0.857. The van der Waals surface area contributed by atoms with Crippen LogP contribution in [0.5, 0.6) is 0 Å². The maximum Gasteiger partial charge on any atom is 0.226 e. The average Bonchev–Trinajstić information content (AvgIpc) is 2.68. The van der Waals surface area contributed by atoms with Gasteiger partial charge in [-0.2, -0.15) is 5.10 Å². The van der Waals surface area contributed by atoms with Gasteiger partial charge in [-0.3, -0.25) is 9.89 Å². The van der Waals surface area contributed by atoms with E-state index in [0.29, 0.717) is 18.2 Å². The zero-order valence-electron chi connectivity index (χ0n) is 10.7. The molecule has 1 aromatic rings. The van der Waals surface area contributed by atoms with E-state index < -0.39 is 0 Å². The highest BCUT2D eigenvalue weighted by Crippen LogP contribution is 2.42. The third-order valence-electron chi connectivity index (χ3n) is 4.01. The Labute approximate surface area is 106 Å². The summed E-state index contributed by atoms with van der Waals surface area (Å²) in [4.78, 5) is 11.7. The molecular weight excluding hydrogens is 226 g/mol. The Morgan fingerprint density at radius 2 is 2.33 bits per heavy atom. The van der Waals surface area contributed by atoms with E-state index in [1.807, 2.05) is 6.08 Å². The van der Waals surface area contributed by atoms with E-state index in [-0.39, 0.29) is 11.8 Å². The number of H-pyrrole nitrogens is 1. The van der Waals surface area contributed by atoms with Crippen LogP contribution in [0.3, 0.4) is 0 Å². The predicted molar refractivity (Wildman–Crippen MR) is 71.1 cm³/mol. The molecule has 0 saturated carbocycles. The van der Waals surface area contributed by atoms with E-state index in [1.54, 1.807) is 0 Å². The van der Waals surface area contributed by atoms with Gasteiger partial charge < -0.3 is 5.32 Å². The van der Waals surface area contributed by atoms with Gasteiger partial charge in [0.1, 0.15) is 0 Å². The summed E-state index contributed by atoms with van der Waals surface area (Å²) in [7, 11) is 0. The molecule has 94 valence electrons. The zero-order chi connectivity index (χ0) is 12.7. The molecule has 2 N–H and O–H groups in total. The molecular formula is C14H17N3O. The van der Waals surface area contributed by atoms with E-state index in [1.165, 1.54) is 11.1 Å². The SMILES string of the molecule is CCC(C)C1CC(=O)Nc2n[nH]c(C3=CC=C3)c21. The molecule has 0 spiro atoms. The monoisotopic (exact) mass is 243 g/mol. The van der Waals surface area contributed by atoms with Gasteiger partial charge in [-0.15, -0.1) is 0 Å². The average molecular weight is 243 g/mol. The van der Waals surface area contributed by atoms with E-state index in [2.05, 4.69) is 41.5 Å². The van der Waals surface area contributed by atoms with Crippen LogP contribution in [0.25, 0.3) is 5.57 Å². The first-order valence-corrected chi connectivity index (χ1v) is 6.47. The number of allylic oxidation sites excluding steroid dienone is 4. The summed E-state index contributed by atoms with van der Waals surface area (Å²) in [6, 6.07) is 0. The second-order valence-electron chi connectivity index (χ2n) is 5.09. The topological polar surface area (TPSA) is 57.8 Å². The van der Waals surface area contributed by atoms with Crippen molar-refractivity contribution in [3.05, 3.63) is 29.5 Å². The van der Waals surface area contributed by atoms with Crippen LogP contribution >= 0.6 is 0 Å². The van der Waals surface area contributed by atoms with Gasteiger partial charge in [0.25, 0.3) is 0 Å². The Morgan fingerprint density at radius 3 is 2.94 bits per heavy atom. The van der Waals surface area contributed by atoms with Crippen molar-refractivity contribution < 1.29 is 4.79 Å². The maximum atomic E-state index is 11.7. The smallest absolute Gasteiger partial charge is 0.226 e. The number of hydrogen-bond acceptors (Lipinski definition) is 2. The lowest BCUT2D eigenvalue weighted by Crippen LogP contribution is -2.26. The first-order valence-electron chi connectivity index (χ1n) is 6.47. The highest BCUT2D eigenvalue weighted by Gasteiger charge is 2.33. The minimum atomic E-state index is 0.0731. The molecule has 0 bridgehead atoms. The van der Waals surface area contributed by atoms with Crippen LogP contribution in [0, 0.1) is 5.92 Å². The summed E-state index contributed by atoms with van der Waals surface area (Å²) in [5, 5.41) is 10.2. The lowest BCUT2D eigenvalue weighted by atomic mass is 9.79. The fourth-order valence-electron chi connectivity index (χ4n) is 2.64. The predicted octanol–water partition coefficient (Wildman–Crippen LogP) is 2.83. The van der Waals surface area contributed by atoms with Crippen LogP contribution in [-0.4, -0.2) is 16.1 Å². The van der Waals surface area contributed by atoms with Crippen LogP contribution in [0.1, 0.15) is 43.9 Å². The van der Waals surface area contributed by atoms with Crippen molar-refractivity contribution in [2.75, 3.05) is 5.32 Å². The largest absolute Gasteiger partial charge is 0.309 e. The number of anilines is 1.